The number of benzene rings is 3. The van der Waals surface area contributed by atoms with E-state index in [1.807, 2.05) is 69.3 Å². The van der Waals surface area contributed by atoms with Crippen molar-refractivity contribution in [2.45, 2.75) is 43.7 Å². The molecule has 182 valence electrons. The molecule has 8 heteroatoms. The van der Waals surface area contributed by atoms with E-state index in [9.17, 15) is 14.9 Å². The fourth-order valence-electron chi connectivity index (χ4n) is 2.42. The van der Waals surface area contributed by atoms with Crippen molar-refractivity contribution in [1.29, 1.82) is 0 Å². The third-order valence-electron chi connectivity index (χ3n) is 4.42. The Morgan fingerprint density at radius 3 is 2.03 bits per heavy atom. The number of methoxy groups -OCH3 is 1. The molecule has 0 bridgehead atoms. The fourth-order valence-corrected chi connectivity index (χ4v) is 3.42. The number of amides is 1. The van der Waals surface area contributed by atoms with E-state index in [4.69, 9.17) is 4.74 Å². The molecule has 34 heavy (non-hydrogen) atoms. The van der Waals surface area contributed by atoms with E-state index in [-0.39, 0.29) is 24.4 Å². The van der Waals surface area contributed by atoms with Gasteiger partial charge in [-0.3, -0.25) is 14.9 Å². The third-order valence-corrected chi connectivity index (χ3v) is 5.80. The monoisotopic (exact) mass is 500 g/mol. The van der Waals surface area contributed by atoms with Crippen LogP contribution in [0.15, 0.2) is 82.6 Å². The van der Waals surface area contributed by atoms with Crippen LogP contribution in [0.1, 0.15) is 33.8 Å². The van der Waals surface area contributed by atoms with Gasteiger partial charge in [0.1, 0.15) is 5.75 Å². The van der Waals surface area contributed by atoms with Crippen LogP contribution in [0.5, 0.6) is 5.75 Å². The Morgan fingerprint density at radius 1 is 1.00 bits per heavy atom. The van der Waals surface area contributed by atoms with Crippen molar-refractivity contribution in [2.75, 3.05) is 12.4 Å². The molecule has 0 saturated heterocycles. The zero-order valence-electron chi connectivity index (χ0n) is 19.1. The van der Waals surface area contributed by atoms with Gasteiger partial charge in [0.25, 0.3) is 5.69 Å². The highest BCUT2D eigenvalue weighted by molar-refractivity contribution is 7.98. The van der Waals surface area contributed by atoms with Crippen molar-refractivity contribution in [1.82, 2.24) is 0 Å². The summed E-state index contributed by atoms with van der Waals surface area (Å²) in [6, 6.07) is 21.8. The summed E-state index contributed by atoms with van der Waals surface area (Å²) in [5.74, 6) is 1.68. The highest BCUT2D eigenvalue weighted by Gasteiger charge is 2.20. The van der Waals surface area contributed by atoms with E-state index >= 15 is 0 Å². The number of nitro groups is 1. The second-order valence-electron chi connectivity index (χ2n) is 8.14. The van der Waals surface area contributed by atoms with Crippen molar-refractivity contribution in [3.8, 4) is 5.75 Å². The summed E-state index contributed by atoms with van der Waals surface area (Å²) >= 11 is 5.81. The number of thioether (sulfide) groups is 1. The number of carbonyl (C=O) groups excluding carboxylic acids is 1. The highest BCUT2D eigenvalue weighted by Crippen LogP contribution is 2.25. The lowest BCUT2D eigenvalue weighted by Gasteiger charge is -2.17. The van der Waals surface area contributed by atoms with Crippen molar-refractivity contribution >= 4 is 41.7 Å². The minimum Gasteiger partial charge on any atom is -0.497 e. The molecule has 1 amide bonds. The Kier molecular flexibility index (Phi) is 11.7. The Labute approximate surface area is 211 Å². The van der Waals surface area contributed by atoms with E-state index in [1.165, 1.54) is 17.7 Å². The van der Waals surface area contributed by atoms with Crippen LogP contribution in [0, 0.1) is 15.5 Å². The number of anilines is 1. The number of nitrogens with zero attached hydrogens (tertiary/aromatic N) is 1. The molecule has 3 aromatic rings. The Balaban J connectivity index is 0.000000346. The largest absolute Gasteiger partial charge is 0.497 e. The summed E-state index contributed by atoms with van der Waals surface area (Å²) < 4.78 is 5.10. The molecule has 0 spiro atoms. The minimum absolute atomic E-state index is 0. The van der Waals surface area contributed by atoms with Crippen LogP contribution in [0.2, 0.25) is 0 Å². The van der Waals surface area contributed by atoms with Crippen molar-refractivity contribution in [3.63, 3.8) is 0 Å². The molecule has 0 heterocycles. The summed E-state index contributed by atoms with van der Waals surface area (Å²) in [5, 5.41) is 13.4. The predicted molar refractivity (Wildman–Crippen MR) is 144 cm³/mol. The first kappa shape index (κ1) is 29.1. The first-order chi connectivity index (χ1) is 15.6. The molecule has 0 radical (unpaired) electrons. The third kappa shape index (κ3) is 9.89. The Hall–Kier alpha value is -2.97. The van der Waals surface area contributed by atoms with Gasteiger partial charge in [0, 0.05) is 38.8 Å². The quantitative estimate of drug-likeness (QED) is 0.159. The average Bonchev–Trinajstić information content (AvgIpc) is 2.79. The van der Waals surface area contributed by atoms with Crippen LogP contribution < -0.4 is 10.1 Å². The summed E-state index contributed by atoms with van der Waals surface area (Å²) in [6.07, 6.45) is 0. The van der Waals surface area contributed by atoms with E-state index in [0.717, 1.165) is 27.0 Å². The number of non-ortho nitro benzene ring substituents is 1. The van der Waals surface area contributed by atoms with Crippen LogP contribution in [0.25, 0.3) is 0 Å². The van der Waals surface area contributed by atoms with Gasteiger partial charge in [-0.25, -0.2) is 0 Å². The smallest absolute Gasteiger partial charge is 0.269 e. The number of ether oxygens (including phenoxy) is 1. The molecule has 0 fully saturated rings. The minimum atomic E-state index is -0.391. The second-order valence-corrected chi connectivity index (χ2v) is 9.70. The molecule has 1 N–H and O–H groups in total. The SMILES string of the molecule is C.CC(C)(C)C(=O)Nc1ccc(S)cc1.COc1ccc(CSc2ccc([N+](=O)[O-])cc2)cc1. The Bertz CT molecular complexity index is 1050. The number of hydrogen-bond donors (Lipinski definition) is 2. The van der Waals surface area contributed by atoms with Gasteiger partial charge in [0.15, 0.2) is 0 Å². The van der Waals surface area contributed by atoms with Crippen molar-refractivity contribution in [3.05, 3.63) is 88.5 Å². The van der Waals surface area contributed by atoms with Crippen LogP contribution in [0.3, 0.4) is 0 Å². The molecule has 3 aromatic carbocycles. The van der Waals surface area contributed by atoms with E-state index in [1.54, 1.807) is 31.0 Å². The van der Waals surface area contributed by atoms with Gasteiger partial charge >= 0.3 is 0 Å². The van der Waals surface area contributed by atoms with Crippen LogP contribution >= 0.6 is 24.4 Å². The molecule has 0 atom stereocenters. The average molecular weight is 501 g/mol. The molecule has 0 aliphatic rings. The number of nitrogens with one attached hydrogen (secondary N) is 1. The topological polar surface area (TPSA) is 81.5 Å². The van der Waals surface area contributed by atoms with Gasteiger partial charge in [-0.15, -0.1) is 24.4 Å². The lowest BCUT2D eigenvalue weighted by atomic mass is 9.95. The first-order valence-electron chi connectivity index (χ1n) is 10.2. The van der Waals surface area contributed by atoms with Gasteiger partial charge in [-0.2, -0.15) is 0 Å². The molecule has 0 saturated carbocycles. The molecule has 3 rings (SSSR count). The van der Waals surface area contributed by atoms with Gasteiger partial charge in [0.2, 0.25) is 5.91 Å². The highest BCUT2D eigenvalue weighted by atomic mass is 32.2. The van der Waals surface area contributed by atoms with Crippen LogP contribution in [-0.2, 0) is 10.5 Å². The van der Waals surface area contributed by atoms with Crippen LogP contribution in [0.4, 0.5) is 11.4 Å². The zero-order valence-corrected chi connectivity index (χ0v) is 20.8. The molecule has 0 aliphatic carbocycles. The normalized spacial score (nSPS) is 10.3. The van der Waals surface area contributed by atoms with E-state index in [0.29, 0.717) is 0 Å². The lowest BCUT2D eigenvalue weighted by molar-refractivity contribution is -0.384. The van der Waals surface area contributed by atoms with E-state index < -0.39 is 4.92 Å². The molecule has 6 nitrogen and oxygen atoms in total. The van der Waals surface area contributed by atoms with Gasteiger partial charge in [0.05, 0.1) is 12.0 Å². The Morgan fingerprint density at radius 2 is 1.56 bits per heavy atom. The number of carbonyl (C=O) groups is 1. The number of nitro benzene ring substituents is 1. The zero-order chi connectivity index (χ0) is 24.4. The number of hydrogen-bond acceptors (Lipinski definition) is 6. The van der Waals surface area contributed by atoms with Gasteiger partial charge in [-0.05, 0) is 54.1 Å². The van der Waals surface area contributed by atoms with Crippen LogP contribution in [-0.4, -0.2) is 17.9 Å². The second kappa shape index (κ2) is 13.7. The molecular formula is C26H32N2O4S2. The standard InChI is InChI=1S/C14H13NO3S.C11H15NOS.CH4/c1-18-13-6-2-11(3-7-13)10-19-14-8-4-12(5-9-14)15(16)17;1-11(2,3)10(13)12-8-4-6-9(14)7-5-8;/h2-9H,10H2,1H3;4-7,14H,1-3H3,(H,12,13);1H4. The predicted octanol–water partition coefficient (Wildman–Crippen LogP) is 7.49. The molecule has 0 aliphatic heterocycles. The summed E-state index contributed by atoms with van der Waals surface area (Å²) in [7, 11) is 1.64. The van der Waals surface area contributed by atoms with Gasteiger partial charge < -0.3 is 10.1 Å². The summed E-state index contributed by atoms with van der Waals surface area (Å²) in [5.41, 5.74) is 1.75. The molecule has 0 aromatic heterocycles. The van der Waals surface area contributed by atoms with Crippen molar-refractivity contribution in [2.24, 2.45) is 5.41 Å². The maximum atomic E-state index is 11.6. The van der Waals surface area contributed by atoms with Crippen molar-refractivity contribution < 1.29 is 14.5 Å². The number of rotatable bonds is 6. The fraction of sp³-hybridized carbons (Fsp3) is 0.269. The maximum Gasteiger partial charge on any atom is 0.269 e. The lowest BCUT2D eigenvalue weighted by Crippen LogP contribution is -2.27. The molecular weight excluding hydrogens is 468 g/mol. The molecule has 0 unspecified atom stereocenters. The van der Waals surface area contributed by atoms with Gasteiger partial charge in [-0.1, -0.05) is 40.3 Å². The summed E-state index contributed by atoms with van der Waals surface area (Å²) in [4.78, 5) is 23.6. The first-order valence-corrected chi connectivity index (χ1v) is 11.6. The number of thiol groups is 1. The summed E-state index contributed by atoms with van der Waals surface area (Å²) in [6.45, 7) is 5.65. The maximum absolute atomic E-state index is 11.6. The van der Waals surface area contributed by atoms with E-state index in [2.05, 4.69) is 17.9 Å².